The largest absolute Gasteiger partial charge is 0.334 e. The van der Waals surface area contributed by atoms with Crippen LogP contribution in [0.3, 0.4) is 0 Å². The molecule has 0 spiro atoms. The molecule has 0 bridgehead atoms. The highest BCUT2D eigenvalue weighted by Gasteiger charge is 2.65. The average molecular weight is 438 g/mol. The number of nitrogens with zero attached hydrogens (tertiary/aromatic N) is 2. The quantitative estimate of drug-likeness (QED) is 0.634. The predicted molar refractivity (Wildman–Crippen MR) is 109 cm³/mol. The van der Waals surface area contributed by atoms with Gasteiger partial charge in [0.2, 0.25) is 5.91 Å². The molecule has 0 aromatic heterocycles. The number of carbonyl (C=O) groups excluding carboxylic acids is 3. The van der Waals surface area contributed by atoms with Crippen LogP contribution in [0, 0.1) is 11.8 Å². The lowest BCUT2D eigenvalue weighted by molar-refractivity contribution is -0.143. The van der Waals surface area contributed by atoms with Gasteiger partial charge in [-0.1, -0.05) is 19.3 Å². The van der Waals surface area contributed by atoms with Crippen molar-refractivity contribution in [1.82, 2.24) is 15.1 Å². The van der Waals surface area contributed by atoms with E-state index in [9.17, 15) is 22.8 Å². The van der Waals surface area contributed by atoms with Crippen molar-refractivity contribution in [2.75, 3.05) is 18.1 Å². The molecule has 5 aliphatic rings. The molecule has 30 heavy (non-hydrogen) atoms. The zero-order valence-electron chi connectivity index (χ0n) is 17.3. The SMILES string of the molecule is O=C1NC(C2CC2)(C2CC2)C(=O)N1CC(=O)N(C1CCCCC1)C1CCS(=O)(=O)C1. The molecule has 3 aliphatic carbocycles. The van der Waals surface area contributed by atoms with Crippen molar-refractivity contribution in [3.8, 4) is 0 Å². The van der Waals surface area contributed by atoms with E-state index in [4.69, 9.17) is 0 Å². The molecule has 2 aliphatic heterocycles. The van der Waals surface area contributed by atoms with E-state index in [0.29, 0.717) is 6.42 Å². The Bertz CT molecular complexity index is 846. The molecule has 2 heterocycles. The van der Waals surface area contributed by atoms with E-state index >= 15 is 0 Å². The Labute approximate surface area is 177 Å². The van der Waals surface area contributed by atoms with Crippen LogP contribution in [0.25, 0.3) is 0 Å². The summed E-state index contributed by atoms with van der Waals surface area (Å²) in [7, 11) is -3.14. The lowest BCUT2D eigenvalue weighted by Crippen LogP contribution is -2.54. The summed E-state index contributed by atoms with van der Waals surface area (Å²) in [5, 5.41) is 2.97. The molecule has 4 amide bonds. The summed E-state index contributed by atoms with van der Waals surface area (Å²) >= 11 is 0. The third-order valence-corrected chi connectivity index (χ3v) is 9.50. The van der Waals surface area contributed by atoms with Crippen LogP contribution in [0.4, 0.5) is 4.79 Å². The summed E-state index contributed by atoms with van der Waals surface area (Å²) in [4.78, 5) is 42.4. The van der Waals surface area contributed by atoms with Crippen LogP contribution in [0.5, 0.6) is 0 Å². The molecule has 2 saturated heterocycles. The smallest absolute Gasteiger partial charge is 0.325 e. The van der Waals surface area contributed by atoms with Gasteiger partial charge in [-0.2, -0.15) is 0 Å². The second kappa shape index (κ2) is 7.21. The van der Waals surface area contributed by atoms with Gasteiger partial charge in [0.05, 0.1) is 11.5 Å². The van der Waals surface area contributed by atoms with Gasteiger partial charge in [0.25, 0.3) is 5.91 Å². The number of rotatable bonds is 6. The Balaban J connectivity index is 1.36. The van der Waals surface area contributed by atoms with Crippen molar-refractivity contribution in [3.63, 3.8) is 0 Å². The summed E-state index contributed by atoms with van der Waals surface area (Å²) in [5.74, 6) is -0.0527. The second-order valence-electron chi connectivity index (χ2n) is 9.89. The molecule has 8 nitrogen and oxygen atoms in total. The van der Waals surface area contributed by atoms with Crippen molar-refractivity contribution in [1.29, 1.82) is 0 Å². The number of nitrogens with one attached hydrogen (secondary N) is 1. The normalized spacial score (nSPS) is 31.1. The van der Waals surface area contributed by atoms with E-state index in [1.807, 2.05) is 0 Å². The molecular formula is C21H31N3O5S. The number of sulfone groups is 1. The van der Waals surface area contributed by atoms with Crippen LogP contribution < -0.4 is 5.32 Å². The Morgan fingerprint density at radius 1 is 0.967 bits per heavy atom. The van der Waals surface area contributed by atoms with Gasteiger partial charge in [-0.05, 0) is 56.8 Å². The Hall–Kier alpha value is -1.64. The van der Waals surface area contributed by atoms with E-state index in [2.05, 4.69) is 5.32 Å². The third-order valence-electron chi connectivity index (χ3n) is 7.75. The first-order valence-corrected chi connectivity index (χ1v) is 13.3. The van der Waals surface area contributed by atoms with E-state index in [1.54, 1.807) is 4.90 Å². The van der Waals surface area contributed by atoms with E-state index < -0.39 is 21.4 Å². The molecule has 3 saturated carbocycles. The highest BCUT2D eigenvalue weighted by molar-refractivity contribution is 7.91. The van der Waals surface area contributed by atoms with Gasteiger partial charge in [-0.25, -0.2) is 13.2 Å². The van der Waals surface area contributed by atoms with Crippen LogP contribution in [0.15, 0.2) is 0 Å². The molecule has 5 fully saturated rings. The zero-order chi connectivity index (χ0) is 21.1. The van der Waals surface area contributed by atoms with E-state index in [1.165, 1.54) is 0 Å². The summed E-state index contributed by atoms with van der Waals surface area (Å²) in [6.07, 6.45) is 9.09. The van der Waals surface area contributed by atoms with Gasteiger partial charge in [0, 0.05) is 12.1 Å². The van der Waals surface area contributed by atoms with Gasteiger partial charge < -0.3 is 10.2 Å². The van der Waals surface area contributed by atoms with Crippen LogP contribution >= 0.6 is 0 Å². The maximum Gasteiger partial charge on any atom is 0.325 e. The molecule has 5 rings (SSSR count). The molecule has 1 N–H and O–H groups in total. The first kappa shape index (κ1) is 20.3. The average Bonchev–Trinajstić information content (AvgIpc) is 3.62. The number of hydrogen-bond donors (Lipinski definition) is 1. The minimum absolute atomic E-state index is 0.00179. The number of hydrogen-bond acceptors (Lipinski definition) is 5. The van der Waals surface area contributed by atoms with Crippen molar-refractivity contribution >= 4 is 27.7 Å². The number of urea groups is 1. The molecule has 166 valence electrons. The third kappa shape index (κ3) is 3.42. The summed E-state index contributed by atoms with van der Waals surface area (Å²) < 4.78 is 24.2. The van der Waals surface area contributed by atoms with Gasteiger partial charge in [0.15, 0.2) is 9.84 Å². The van der Waals surface area contributed by atoms with Crippen LogP contribution in [0.1, 0.15) is 64.2 Å². The predicted octanol–water partition coefficient (Wildman–Crippen LogP) is 1.45. The summed E-state index contributed by atoms with van der Waals surface area (Å²) in [6.45, 7) is -0.279. The summed E-state index contributed by atoms with van der Waals surface area (Å²) in [5.41, 5.74) is -0.802. The van der Waals surface area contributed by atoms with Gasteiger partial charge in [-0.3, -0.25) is 14.5 Å². The number of imide groups is 1. The fourth-order valence-electron chi connectivity index (χ4n) is 6.00. The molecule has 0 aromatic carbocycles. The summed E-state index contributed by atoms with van der Waals surface area (Å²) in [6, 6.07) is -0.806. The van der Waals surface area contributed by atoms with Crippen molar-refractivity contribution < 1.29 is 22.8 Å². The van der Waals surface area contributed by atoms with Crippen LogP contribution in [0.2, 0.25) is 0 Å². The van der Waals surface area contributed by atoms with Crippen molar-refractivity contribution in [2.45, 2.75) is 81.8 Å². The lowest BCUT2D eigenvalue weighted by atomic mass is 9.87. The molecular weight excluding hydrogens is 406 g/mol. The van der Waals surface area contributed by atoms with Gasteiger partial charge in [0.1, 0.15) is 12.1 Å². The first-order valence-electron chi connectivity index (χ1n) is 11.5. The molecule has 1 atom stereocenters. The monoisotopic (exact) mass is 437 g/mol. The Kier molecular flexibility index (Phi) is 4.87. The van der Waals surface area contributed by atoms with Crippen LogP contribution in [-0.4, -0.2) is 71.7 Å². The highest BCUT2D eigenvalue weighted by atomic mass is 32.2. The maximum atomic E-state index is 13.4. The van der Waals surface area contributed by atoms with Crippen LogP contribution in [-0.2, 0) is 19.4 Å². The topological polar surface area (TPSA) is 104 Å². The lowest BCUT2D eigenvalue weighted by Gasteiger charge is -2.39. The van der Waals surface area contributed by atoms with E-state index in [-0.39, 0.29) is 53.8 Å². The number of carbonyl (C=O) groups is 3. The zero-order valence-corrected chi connectivity index (χ0v) is 18.2. The van der Waals surface area contributed by atoms with Gasteiger partial charge in [-0.15, -0.1) is 0 Å². The molecule has 0 aromatic rings. The fraction of sp³-hybridized carbons (Fsp3) is 0.857. The molecule has 9 heteroatoms. The van der Waals surface area contributed by atoms with E-state index in [0.717, 1.165) is 62.7 Å². The maximum absolute atomic E-state index is 13.4. The highest BCUT2D eigenvalue weighted by Crippen LogP contribution is 2.54. The Morgan fingerprint density at radius 3 is 2.13 bits per heavy atom. The number of amides is 4. The standard InChI is InChI=1S/C21H31N3O5S/c25-18(24(16-4-2-1-3-5-16)17-10-11-30(28,29)13-17)12-23-19(26)21(14-6-7-14,15-8-9-15)22-20(23)27/h14-17H,1-13H2,(H,22,27). The fourth-order valence-corrected chi connectivity index (χ4v) is 7.71. The first-order chi connectivity index (χ1) is 14.3. The minimum atomic E-state index is -3.14. The van der Waals surface area contributed by atoms with Gasteiger partial charge >= 0.3 is 6.03 Å². The van der Waals surface area contributed by atoms with Crippen molar-refractivity contribution in [3.05, 3.63) is 0 Å². The Morgan fingerprint density at radius 2 is 1.60 bits per heavy atom. The van der Waals surface area contributed by atoms with Crippen molar-refractivity contribution in [2.24, 2.45) is 11.8 Å². The molecule has 1 unspecified atom stereocenters. The molecule has 0 radical (unpaired) electrons. The second-order valence-corrected chi connectivity index (χ2v) is 12.1. The minimum Gasteiger partial charge on any atom is -0.334 e.